The highest BCUT2D eigenvalue weighted by Crippen LogP contribution is 2.16. The van der Waals surface area contributed by atoms with Gasteiger partial charge >= 0.3 is 0 Å². The highest BCUT2D eigenvalue weighted by atomic mass is 28.3. The molecule has 1 nitrogen and oxygen atoms in total. The van der Waals surface area contributed by atoms with Gasteiger partial charge in [-0.3, -0.25) is 0 Å². The first-order chi connectivity index (χ1) is 10.3. The van der Waals surface area contributed by atoms with Crippen LogP contribution < -0.4 is 0 Å². The number of hydrogen-bond acceptors (Lipinski definition) is 1. The molecule has 2 aromatic carbocycles. The summed E-state index contributed by atoms with van der Waals surface area (Å²) in [4.78, 5) is 4.56. The van der Waals surface area contributed by atoms with Crippen molar-refractivity contribution in [3.8, 4) is 11.5 Å². The van der Waals surface area contributed by atoms with Gasteiger partial charge in [-0.1, -0.05) is 55.4 Å². The Kier molecular flexibility index (Phi) is 4.94. The first kappa shape index (κ1) is 16.2. The Labute approximate surface area is 132 Å². The molecule has 112 valence electrons. The number of halogens is 1. The fourth-order valence-electron chi connectivity index (χ4n) is 1.80. The molecule has 2 rings (SSSR count). The first-order valence-electron chi connectivity index (χ1n) is 7.28. The zero-order chi connectivity index (χ0) is 16.2. The normalized spacial score (nSPS) is 11.8. The number of nitrogens with zero attached hydrogens (tertiary/aromatic N) is 1. The summed E-state index contributed by atoms with van der Waals surface area (Å²) in [6, 6.07) is 14.5. The second kappa shape index (κ2) is 6.72. The Morgan fingerprint density at radius 1 is 1.00 bits per heavy atom. The minimum atomic E-state index is -1.56. The third-order valence-corrected chi connectivity index (χ3v) is 3.83. The van der Waals surface area contributed by atoms with E-state index in [9.17, 15) is 4.39 Å². The lowest BCUT2D eigenvalue weighted by Crippen LogP contribution is -2.17. The van der Waals surface area contributed by atoms with Gasteiger partial charge in [-0.15, -0.1) is 5.54 Å². The topological polar surface area (TPSA) is 12.4 Å². The molecule has 0 saturated heterocycles. The number of hydrogen-bond donors (Lipinski definition) is 0. The maximum atomic E-state index is 14.1. The molecule has 3 heteroatoms. The molecule has 0 heterocycles. The fraction of sp³-hybridized carbons (Fsp3) is 0.211. The van der Waals surface area contributed by atoms with Gasteiger partial charge in [-0.05, 0) is 31.2 Å². The molecular weight excluding hydrogens is 289 g/mol. The lowest BCUT2D eigenvalue weighted by molar-refractivity contribution is 0.625. The van der Waals surface area contributed by atoms with Crippen molar-refractivity contribution in [1.29, 1.82) is 0 Å². The minimum Gasteiger partial charge on any atom is -0.239 e. The van der Waals surface area contributed by atoms with Gasteiger partial charge in [0, 0.05) is 5.56 Å². The van der Waals surface area contributed by atoms with E-state index < -0.39 is 8.07 Å². The second-order valence-electron chi connectivity index (χ2n) is 6.28. The summed E-state index contributed by atoms with van der Waals surface area (Å²) in [5.41, 5.74) is 6.17. The van der Waals surface area contributed by atoms with Crippen LogP contribution in [0.1, 0.15) is 11.1 Å². The van der Waals surface area contributed by atoms with Crippen LogP contribution in [0.15, 0.2) is 53.5 Å². The molecule has 0 amide bonds. The number of aryl methyl sites for hydroxylation is 1. The molecule has 0 aliphatic rings. The van der Waals surface area contributed by atoms with Crippen LogP contribution in [0, 0.1) is 24.2 Å². The Balaban J connectivity index is 2.52. The highest BCUT2D eigenvalue weighted by Gasteiger charge is 2.11. The number of aliphatic imine (C=N–C) groups is 1. The lowest BCUT2D eigenvalue weighted by Gasteiger charge is -2.06. The van der Waals surface area contributed by atoms with E-state index in [4.69, 9.17) is 0 Å². The molecule has 0 radical (unpaired) electrons. The largest absolute Gasteiger partial charge is 0.239 e. The Bertz CT molecular complexity index is 743. The van der Waals surface area contributed by atoms with E-state index in [2.05, 4.69) is 36.1 Å². The summed E-state index contributed by atoms with van der Waals surface area (Å²) in [7, 11) is -1.56. The van der Waals surface area contributed by atoms with Crippen molar-refractivity contribution in [1.82, 2.24) is 0 Å². The fourth-order valence-corrected chi connectivity index (χ4v) is 2.30. The molecule has 0 spiro atoms. The molecule has 0 bridgehead atoms. The van der Waals surface area contributed by atoms with E-state index in [0.717, 1.165) is 5.69 Å². The molecule has 2 aromatic rings. The van der Waals surface area contributed by atoms with Crippen LogP contribution in [0.3, 0.4) is 0 Å². The Hall–Kier alpha value is -2.18. The van der Waals surface area contributed by atoms with E-state index in [1.54, 1.807) is 18.2 Å². The van der Waals surface area contributed by atoms with Gasteiger partial charge in [-0.25, -0.2) is 9.38 Å². The summed E-state index contributed by atoms with van der Waals surface area (Å²) >= 11 is 0. The zero-order valence-electron chi connectivity index (χ0n) is 13.4. The van der Waals surface area contributed by atoms with Gasteiger partial charge in [-0.2, -0.15) is 0 Å². The van der Waals surface area contributed by atoms with Crippen molar-refractivity contribution in [2.45, 2.75) is 26.6 Å². The molecule has 0 aliphatic carbocycles. The maximum absolute atomic E-state index is 14.1. The number of benzene rings is 2. The van der Waals surface area contributed by atoms with Gasteiger partial charge in [0.05, 0.1) is 5.69 Å². The summed E-state index contributed by atoms with van der Waals surface area (Å²) in [6.07, 6.45) is 0. The highest BCUT2D eigenvalue weighted by molar-refractivity contribution is 6.84. The standard InChI is InChI=1S/C19H20FNSi/c1-15-9-11-16(12-10-15)21-19(13-14-22(2,3)4)17-7-5-6-8-18(17)20/h5-12H,1-4H3. The van der Waals surface area contributed by atoms with Gasteiger partial charge in [0.1, 0.15) is 19.6 Å². The van der Waals surface area contributed by atoms with E-state index in [0.29, 0.717) is 11.3 Å². The summed E-state index contributed by atoms with van der Waals surface area (Å²) in [5.74, 6) is 2.81. The van der Waals surface area contributed by atoms with Crippen molar-refractivity contribution < 1.29 is 4.39 Å². The molecule has 0 unspecified atom stereocenters. The smallest absolute Gasteiger partial charge is 0.133 e. The van der Waals surface area contributed by atoms with E-state index in [1.165, 1.54) is 11.6 Å². The van der Waals surface area contributed by atoms with Crippen LogP contribution in [0.2, 0.25) is 19.6 Å². The van der Waals surface area contributed by atoms with Crippen molar-refractivity contribution in [2.75, 3.05) is 0 Å². The SMILES string of the molecule is Cc1ccc(N=C(C#C[Si](C)(C)C)c2ccccc2F)cc1. The molecule has 0 saturated carbocycles. The van der Waals surface area contributed by atoms with Crippen molar-refractivity contribution in [2.24, 2.45) is 4.99 Å². The second-order valence-corrected chi connectivity index (χ2v) is 11.0. The van der Waals surface area contributed by atoms with Crippen LogP contribution in [-0.4, -0.2) is 13.8 Å². The molecule has 0 aliphatic heterocycles. The Morgan fingerprint density at radius 2 is 1.64 bits per heavy atom. The summed E-state index contributed by atoms with van der Waals surface area (Å²) in [6.45, 7) is 8.50. The van der Waals surface area contributed by atoms with Crippen LogP contribution in [0.4, 0.5) is 10.1 Å². The molecule has 22 heavy (non-hydrogen) atoms. The third kappa shape index (κ3) is 4.68. The van der Waals surface area contributed by atoms with Crippen LogP contribution in [0.25, 0.3) is 0 Å². The van der Waals surface area contributed by atoms with Crippen LogP contribution in [0.5, 0.6) is 0 Å². The van der Waals surface area contributed by atoms with Crippen molar-refractivity contribution >= 4 is 19.5 Å². The quantitative estimate of drug-likeness (QED) is 0.414. The van der Waals surface area contributed by atoms with Crippen LogP contribution in [-0.2, 0) is 0 Å². The van der Waals surface area contributed by atoms with E-state index in [1.807, 2.05) is 31.2 Å². The molecular formula is C19H20FNSi. The van der Waals surface area contributed by atoms with E-state index >= 15 is 0 Å². The maximum Gasteiger partial charge on any atom is 0.133 e. The van der Waals surface area contributed by atoms with Gasteiger partial charge < -0.3 is 0 Å². The lowest BCUT2D eigenvalue weighted by atomic mass is 10.1. The van der Waals surface area contributed by atoms with Gasteiger partial charge in [0.25, 0.3) is 0 Å². The zero-order valence-corrected chi connectivity index (χ0v) is 14.4. The molecule has 0 fully saturated rings. The monoisotopic (exact) mass is 309 g/mol. The van der Waals surface area contributed by atoms with Crippen molar-refractivity contribution in [3.63, 3.8) is 0 Å². The summed E-state index contributed by atoms with van der Waals surface area (Å²) < 4.78 is 14.1. The van der Waals surface area contributed by atoms with Crippen molar-refractivity contribution in [3.05, 3.63) is 65.5 Å². The molecule has 0 N–H and O–H groups in total. The summed E-state index contributed by atoms with van der Waals surface area (Å²) in [5, 5.41) is 0. The number of rotatable bonds is 2. The Morgan fingerprint density at radius 3 is 2.23 bits per heavy atom. The van der Waals surface area contributed by atoms with Gasteiger partial charge in [0.15, 0.2) is 0 Å². The van der Waals surface area contributed by atoms with E-state index in [-0.39, 0.29) is 5.82 Å². The molecule has 0 atom stereocenters. The predicted molar refractivity (Wildman–Crippen MR) is 94.9 cm³/mol. The van der Waals surface area contributed by atoms with Crippen LogP contribution >= 0.6 is 0 Å². The third-order valence-electron chi connectivity index (χ3n) is 2.96. The first-order valence-corrected chi connectivity index (χ1v) is 10.8. The minimum absolute atomic E-state index is 0.293. The molecule has 0 aromatic heterocycles. The average Bonchev–Trinajstić information content (AvgIpc) is 2.45. The predicted octanol–water partition coefficient (Wildman–Crippen LogP) is 5.14. The average molecular weight is 309 g/mol. The van der Waals surface area contributed by atoms with Gasteiger partial charge in [0.2, 0.25) is 0 Å².